The largest absolute Gasteiger partial charge is 0.455 e. The fourth-order valence-electron chi connectivity index (χ4n) is 3.02. The highest BCUT2D eigenvalue weighted by Crippen LogP contribution is 2.30. The topological polar surface area (TPSA) is 141 Å². The van der Waals surface area contributed by atoms with Gasteiger partial charge in [-0.1, -0.05) is 6.07 Å². The third-order valence-corrected chi connectivity index (χ3v) is 5.73. The first-order valence-electron chi connectivity index (χ1n) is 9.18. The van der Waals surface area contributed by atoms with Crippen LogP contribution in [0.5, 0.6) is 0 Å². The van der Waals surface area contributed by atoms with Crippen LogP contribution in [0.25, 0.3) is 21.4 Å². The molecule has 0 spiro atoms. The fraction of sp³-hybridized carbons (Fsp3) is 0.0476. The van der Waals surface area contributed by atoms with Crippen LogP contribution in [-0.4, -0.2) is 22.0 Å². The van der Waals surface area contributed by atoms with Gasteiger partial charge in [0.1, 0.15) is 11.5 Å². The number of non-ortho nitro benzene ring substituents is 2. The molecule has 2 heterocycles. The number of hydrogen-bond acceptors (Lipinski definition) is 8. The van der Waals surface area contributed by atoms with Crippen LogP contribution in [0.3, 0.4) is 0 Å². The molecule has 0 radical (unpaired) electrons. The molecule has 0 bridgehead atoms. The van der Waals surface area contributed by atoms with Gasteiger partial charge < -0.3 is 4.42 Å². The lowest BCUT2D eigenvalue weighted by molar-refractivity contribution is -0.384. The minimum Gasteiger partial charge on any atom is -0.455 e. The fourth-order valence-corrected chi connectivity index (χ4v) is 3.95. The van der Waals surface area contributed by atoms with Crippen molar-refractivity contribution in [2.45, 2.75) is 6.92 Å². The molecule has 0 atom stereocenters. The van der Waals surface area contributed by atoms with Crippen molar-refractivity contribution < 1.29 is 19.1 Å². The van der Waals surface area contributed by atoms with E-state index in [1.165, 1.54) is 41.8 Å². The van der Waals surface area contributed by atoms with Crippen molar-refractivity contribution in [2.75, 3.05) is 0 Å². The highest BCUT2D eigenvalue weighted by atomic mass is 32.1. The second-order valence-corrected chi connectivity index (χ2v) is 7.83. The molecule has 32 heavy (non-hydrogen) atoms. The van der Waals surface area contributed by atoms with E-state index in [0.717, 1.165) is 10.3 Å². The van der Waals surface area contributed by atoms with Crippen molar-refractivity contribution in [1.29, 1.82) is 0 Å². The number of rotatable bonds is 6. The van der Waals surface area contributed by atoms with Crippen LogP contribution in [0.4, 0.5) is 11.4 Å². The average Bonchev–Trinajstić information content (AvgIpc) is 3.40. The Kier molecular flexibility index (Phi) is 5.48. The van der Waals surface area contributed by atoms with Crippen molar-refractivity contribution in [3.05, 3.63) is 91.0 Å². The molecular formula is C21H14N4O6S. The Bertz CT molecular complexity index is 1400. The lowest BCUT2D eigenvalue weighted by Gasteiger charge is -2.02. The number of benzene rings is 2. The maximum atomic E-state index is 12.4. The molecule has 2 aromatic heterocycles. The number of amides is 1. The SMILES string of the molecule is Cc1ccc([N+](=O)[O-])cc1-c1ccc(C=NNC(=O)c2cc3cc([N+](=O)[O-])ccc3s2)o1. The van der Waals surface area contributed by atoms with Gasteiger partial charge in [0.05, 0.1) is 20.9 Å². The van der Waals surface area contributed by atoms with Crippen LogP contribution in [0.15, 0.2) is 64.1 Å². The molecule has 0 aliphatic carbocycles. The number of nitrogens with zero attached hydrogens (tertiary/aromatic N) is 3. The third-order valence-electron chi connectivity index (χ3n) is 4.62. The standard InChI is InChI=1S/C21H14N4O6S/c1-12-2-3-15(25(29)30)10-17(12)18-6-5-16(31-18)11-22-23-21(26)20-9-13-8-14(24(27)28)4-7-19(13)32-20/h2-11H,1H3,(H,23,26). The van der Waals surface area contributed by atoms with Crippen molar-refractivity contribution in [3.63, 3.8) is 0 Å². The van der Waals surface area contributed by atoms with E-state index in [2.05, 4.69) is 10.5 Å². The van der Waals surface area contributed by atoms with E-state index < -0.39 is 15.8 Å². The molecule has 10 nitrogen and oxygen atoms in total. The molecule has 0 aliphatic rings. The summed E-state index contributed by atoms with van der Waals surface area (Å²) in [6.45, 7) is 1.81. The molecule has 0 saturated carbocycles. The molecule has 0 saturated heterocycles. The van der Waals surface area contributed by atoms with Gasteiger partial charge >= 0.3 is 0 Å². The summed E-state index contributed by atoms with van der Waals surface area (Å²) in [7, 11) is 0. The van der Waals surface area contributed by atoms with Crippen LogP contribution >= 0.6 is 11.3 Å². The lowest BCUT2D eigenvalue weighted by Crippen LogP contribution is -2.15. The van der Waals surface area contributed by atoms with Crippen LogP contribution in [0.2, 0.25) is 0 Å². The van der Waals surface area contributed by atoms with Crippen molar-refractivity contribution >= 4 is 44.9 Å². The first-order valence-corrected chi connectivity index (χ1v) is 10.00. The predicted octanol–water partition coefficient (Wildman–Crippen LogP) is 5.05. The number of fused-ring (bicyclic) bond motifs is 1. The summed E-state index contributed by atoms with van der Waals surface area (Å²) in [5.41, 5.74) is 3.69. The maximum Gasteiger partial charge on any atom is 0.281 e. The molecule has 0 aliphatic heterocycles. The number of aryl methyl sites for hydroxylation is 1. The summed E-state index contributed by atoms with van der Waals surface area (Å²) in [5, 5.41) is 26.4. The van der Waals surface area contributed by atoms with Crippen LogP contribution in [0, 0.1) is 27.2 Å². The second kappa shape index (κ2) is 8.40. The number of carbonyl (C=O) groups is 1. The smallest absolute Gasteiger partial charge is 0.281 e. The number of hydrazone groups is 1. The van der Waals surface area contributed by atoms with E-state index in [-0.39, 0.29) is 11.4 Å². The van der Waals surface area contributed by atoms with Gasteiger partial charge in [0.2, 0.25) is 0 Å². The van der Waals surface area contributed by atoms with Gasteiger partial charge in [-0.2, -0.15) is 5.10 Å². The predicted molar refractivity (Wildman–Crippen MR) is 119 cm³/mol. The van der Waals surface area contributed by atoms with Gasteiger partial charge in [0.25, 0.3) is 17.3 Å². The summed E-state index contributed by atoms with van der Waals surface area (Å²) in [5.74, 6) is 0.315. The summed E-state index contributed by atoms with van der Waals surface area (Å²) < 4.78 is 6.42. The molecule has 1 amide bonds. The molecule has 160 valence electrons. The minimum absolute atomic E-state index is 0.0434. The van der Waals surface area contributed by atoms with Gasteiger partial charge in [-0.15, -0.1) is 11.3 Å². The molecular weight excluding hydrogens is 436 g/mol. The Morgan fingerprint density at radius 3 is 2.50 bits per heavy atom. The summed E-state index contributed by atoms with van der Waals surface area (Å²) >= 11 is 1.19. The number of furan rings is 1. The van der Waals surface area contributed by atoms with Crippen molar-refractivity contribution in [3.8, 4) is 11.3 Å². The Morgan fingerprint density at radius 2 is 1.75 bits per heavy atom. The zero-order valence-corrected chi connectivity index (χ0v) is 17.3. The molecule has 4 rings (SSSR count). The molecule has 0 unspecified atom stereocenters. The minimum atomic E-state index is -0.492. The molecule has 4 aromatic rings. The first kappa shape index (κ1) is 20.9. The first-order chi connectivity index (χ1) is 15.3. The van der Waals surface area contributed by atoms with E-state index in [9.17, 15) is 25.0 Å². The number of nitro groups is 2. The Balaban J connectivity index is 1.47. The zero-order valence-electron chi connectivity index (χ0n) is 16.5. The van der Waals surface area contributed by atoms with E-state index in [1.807, 2.05) is 6.92 Å². The maximum absolute atomic E-state index is 12.4. The quantitative estimate of drug-likeness (QED) is 0.247. The van der Waals surface area contributed by atoms with Gasteiger partial charge in [-0.25, -0.2) is 5.43 Å². The molecule has 11 heteroatoms. The second-order valence-electron chi connectivity index (χ2n) is 6.75. The normalized spacial score (nSPS) is 11.2. The van der Waals surface area contributed by atoms with E-state index in [4.69, 9.17) is 4.42 Å². The van der Waals surface area contributed by atoms with Gasteiger partial charge in [0, 0.05) is 39.9 Å². The molecule has 1 N–H and O–H groups in total. The van der Waals surface area contributed by atoms with Gasteiger partial charge in [-0.05, 0) is 36.8 Å². The zero-order chi connectivity index (χ0) is 22.8. The number of nitro benzene ring substituents is 2. The Morgan fingerprint density at radius 1 is 1.03 bits per heavy atom. The number of hydrogen-bond donors (Lipinski definition) is 1. The average molecular weight is 450 g/mol. The van der Waals surface area contributed by atoms with Gasteiger partial charge in [-0.3, -0.25) is 25.0 Å². The summed E-state index contributed by atoms with van der Waals surface area (Å²) in [6, 6.07) is 13.7. The Labute approximate surface area is 184 Å². The highest BCUT2D eigenvalue weighted by molar-refractivity contribution is 7.20. The van der Waals surface area contributed by atoms with E-state index in [1.54, 1.807) is 30.3 Å². The van der Waals surface area contributed by atoms with Crippen LogP contribution < -0.4 is 5.43 Å². The highest BCUT2D eigenvalue weighted by Gasteiger charge is 2.14. The third kappa shape index (κ3) is 4.23. The summed E-state index contributed by atoms with van der Waals surface area (Å²) in [4.78, 5) is 33.6. The molecule has 2 aromatic carbocycles. The van der Waals surface area contributed by atoms with E-state index in [0.29, 0.717) is 27.3 Å². The van der Waals surface area contributed by atoms with Crippen LogP contribution in [-0.2, 0) is 0 Å². The van der Waals surface area contributed by atoms with Crippen molar-refractivity contribution in [2.24, 2.45) is 5.10 Å². The van der Waals surface area contributed by atoms with Crippen molar-refractivity contribution in [1.82, 2.24) is 5.43 Å². The number of carbonyl (C=O) groups excluding carboxylic acids is 1. The summed E-state index contributed by atoms with van der Waals surface area (Å²) in [6.07, 6.45) is 1.31. The lowest BCUT2D eigenvalue weighted by atomic mass is 10.1. The number of thiophene rings is 1. The monoisotopic (exact) mass is 450 g/mol. The van der Waals surface area contributed by atoms with Gasteiger partial charge in [0.15, 0.2) is 0 Å². The number of nitrogens with one attached hydrogen (secondary N) is 1. The van der Waals surface area contributed by atoms with Crippen LogP contribution in [0.1, 0.15) is 21.0 Å². The Hall–Kier alpha value is -4.38. The van der Waals surface area contributed by atoms with E-state index >= 15 is 0 Å². The molecule has 0 fully saturated rings.